The third-order valence-corrected chi connectivity index (χ3v) is 10.3. The molecule has 0 heterocycles. The number of quaternary nitrogens is 1. The Morgan fingerprint density at radius 2 is 1.82 bits per heavy atom. The van der Waals surface area contributed by atoms with E-state index in [4.69, 9.17) is 9.47 Å². The van der Waals surface area contributed by atoms with Crippen molar-refractivity contribution in [1.29, 1.82) is 0 Å². The molecule has 0 unspecified atom stereocenters. The van der Waals surface area contributed by atoms with Gasteiger partial charge in [-0.3, -0.25) is 9.28 Å². The maximum atomic E-state index is 12.6. The summed E-state index contributed by atoms with van der Waals surface area (Å²) in [5.41, 5.74) is 1.57. The van der Waals surface area contributed by atoms with Gasteiger partial charge in [-0.1, -0.05) is 32.1 Å². The number of hydrogen-bond acceptors (Lipinski definition) is 4. The van der Waals surface area contributed by atoms with Crippen LogP contribution in [0, 0.1) is 28.6 Å². The lowest BCUT2D eigenvalue weighted by atomic mass is 9.48. The van der Waals surface area contributed by atoms with E-state index < -0.39 is 6.16 Å². The largest absolute Gasteiger partial charge is 1.00 e. The van der Waals surface area contributed by atoms with Crippen molar-refractivity contribution in [2.45, 2.75) is 85.2 Å². The van der Waals surface area contributed by atoms with Gasteiger partial charge in [0.25, 0.3) is 0 Å². The van der Waals surface area contributed by atoms with Gasteiger partial charge in [-0.2, -0.15) is 0 Å². The first kappa shape index (κ1) is 27.7. The number of ether oxygens (including phenoxy) is 2. The van der Waals surface area contributed by atoms with E-state index in [-0.39, 0.29) is 40.9 Å². The number of likely N-dealkylation sites (N-methyl/N-ethyl adjacent to an activating group) is 1. The molecule has 6 atom stereocenters. The van der Waals surface area contributed by atoms with Crippen LogP contribution in [-0.4, -0.2) is 48.9 Å². The molecule has 4 rings (SSSR count). The molecule has 3 fully saturated rings. The van der Waals surface area contributed by atoms with Crippen LogP contribution in [0.3, 0.4) is 0 Å². The van der Waals surface area contributed by atoms with Crippen LogP contribution in [-0.2, 0) is 14.3 Å². The average molecular weight is 586 g/mol. The summed E-state index contributed by atoms with van der Waals surface area (Å²) in [6, 6.07) is 0. The molecular formula is C28H44INO4. The molecular weight excluding hydrogens is 541 g/mol. The first-order valence-electron chi connectivity index (χ1n) is 13.2. The lowest BCUT2D eigenvalue weighted by molar-refractivity contribution is -0.935. The van der Waals surface area contributed by atoms with Crippen LogP contribution in [0.5, 0.6) is 0 Å². The average Bonchev–Trinajstić information content (AvgIpc) is 3.11. The van der Waals surface area contributed by atoms with Gasteiger partial charge in [-0.15, -0.1) is 0 Å². The van der Waals surface area contributed by atoms with Gasteiger partial charge >= 0.3 is 6.16 Å². The van der Waals surface area contributed by atoms with Gasteiger partial charge in [0.15, 0.2) is 0 Å². The highest BCUT2D eigenvalue weighted by Crippen LogP contribution is 2.64. The Labute approximate surface area is 223 Å². The van der Waals surface area contributed by atoms with Crippen molar-refractivity contribution in [3.05, 3.63) is 24.3 Å². The molecule has 0 aromatic heterocycles. The first-order chi connectivity index (χ1) is 15.7. The molecule has 0 bridgehead atoms. The van der Waals surface area contributed by atoms with E-state index in [0.29, 0.717) is 34.8 Å². The van der Waals surface area contributed by atoms with E-state index in [9.17, 15) is 9.59 Å². The molecule has 0 spiro atoms. The molecule has 6 heteroatoms. The van der Waals surface area contributed by atoms with Gasteiger partial charge in [0.1, 0.15) is 11.9 Å². The SMILES string of the molecule is C=CC[N+](CC)(CC)COC(=O)O[C@H]1CC[C@@]2(C)C(=CC[C@@H]3[C@@H]2CC[C@]2(C)C(=O)CC[C@@H]32)C1.[I-]. The number of Topliss-reactive ketones (excluding diaryl/α,β-unsaturated/α-hetero) is 1. The molecule has 0 radical (unpaired) electrons. The molecule has 34 heavy (non-hydrogen) atoms. The predicted octanol–water partition coefficient (Wildman–Crippen LogP) is 3.04. The molecule has 0 amide bonds. The van der Waals surface area contributed by atoms with Gasteiger partial charge in [0, 0.05) is 18.3 Å². The summed E-state index contributed by atoms with van der Waals surface area (Å²) in [6.45, 7) is 15.6. The zero-order chi connectivity index (χ0) is 23.9. The molecule has 0 saturated heterocycles. The normalized spacial score (nSPS) is 36.8. The molecule has 0 N–H and O–H groups in total. The van der Waals surface area contributed by atoms with E-state index >= 15 is 0 Å². The maximum Gasteiger partial charge on any atom is 0.512 e. The Kier molecular flexibility index (Phi) is 8.65. The summed E-state index contributed by atoms with van der Waals surface area (Å²) < 4.78 is 12.1. The highest BCUT2D eigenvalue weighted by molar-refractivity contribution is 5.87. The van der Waals surface area contributed by atoms with Crippen molar-refractivity contribution in [3.8, 4) is 0 Å². The molecule has 4 aliphatic carbocycles. The number of halogens is 1. The summed E-state index contributed by atoms with van der Waals surface area (Å²) in [5.74, 6) is 2.34. The van der Waals surface area contributed by atoms with Crippen LogP contribution in [0.25, 0.3) is 0 Å². The number of fused-ring (bicyclic) bond motifs is 5. The van der Waals surface area contributed by atoms with E-state index in [2.05, 4.69) is 40.3 Å². The monoisotopic (exact) mass is 585 g/mol. The summed E-state index contributed by atoms with van der Waals surface area (Å²) in [5, 5.41) is 0. The Morgan fingerprint density at radius 1 is 1.15 bits per heavy atom. The molecule has 0 aromatic rings. The first-order valence-corrected chi connectivity index (χ1v) is 13.2. The van der Waals surface area contributed by atoms with Crippen molar-refractivity contribution in [2.24, 2.45) is 28.6 Å². The number of carbonyl (C=O) groups excluding carboxylic acids is 2. The highest BCUT2D eigenvalue weighted by atomic mass is 127. The molecule has 0 aromatic carbocycles. The number of nitrogens with zero attached hydrogens (tertiary/aromatic N) is 1. The standard InChI is InChI=1S/C28H44NO4.HI/c1-6-17-29(7-2,8-3)19-32-26(31)33-21-13-15-27(4)20(18-21)9-10-22-23-11-12-25(30)28(23,5)16-14-24(22)27;/h6,9,21-24H,1,7-8,10-19H2,2-5H3;1H/q+1;/p-1/t21-,22-,23-,24-,27-,28-;/m0./s1. The van der Waals surface area contributed by atoms with Crippen LogP contribution < -0.4 is 24.0 Å². The molecule has 3 saturated carbocycles. The van der Waals surface area contributed by atoms with Gasteiger partial charge in [0.05, 0.1) is 19.6 Å². The zero-order valence-electron chi connectivity index (χ0n) is 21.6. The lowest BCUT2D eigenvalue weighted by Gasteiger charge is -2.56. The Balaban J connectivity index is 0.00000324. The van der Waals surface area contributed by atoms with E-state index in [0.717, 1.165) is 71.0 Å². The molecule has 0 aliphatic heterocycles. The van der Waals surface area contributed by atoms with Crippen molar-refractivity contribution in [1.82, 2.24) is 0 Å². The number of hydrogen-bond donors (Lipinski definition) is 0. The molecule has 192 valence electrons. The zero-order valence-corrected chi connectivity index (χ0v) is 23.8. The Morgan fingerprint density at radius 3 is 2.50 bits per heavy atom. The summed E-state index contributed by atoms with van der Waals surface area (Å²) >= 11 is 0. The van der Waals surface area contributed by atoms with Gasteiger partial charge in [0.2, 0.25) is 6.73 Å². The van der Waals surface area contributed by atoms with Crippen molar-refractivity contribution in [2.75, 3.05) is 26.4 Å². The summed E-state index contributed by atoms with van der Waals surface area (Å²) in [7, 11) is 0. The summed E-state index contributed by atoms with van der Waals surface area (Å²) in [4.78, 5) is 25.1. The van der Waals surface area contributed by atoms with Crippen LogP contribution in [0.2, 0.25) is 0 Å². The lowest BCUT2D eigenvalue weighted by Crippen LogP contribution is -3.00. The van der Waals surface area contributed by atoms with Crippen LogP contribution in [0.1, 0.15) is 79.1 Å². The summed E-state index contributed by atoms with van der Waals surface area (Å²) in [6.07, 6.45) is 11.6. The van der Waals surface area contributed by atoms with Gasteiger partial charge in [-0.05, 0) is 81.6 Å². The van der Waals surface area contributed by atoms with Crippen LogP contribution in [0.15, 0.2) is 24.3 Å². The van der Waals surface area contributed by atoms with Crippen LogP contribution >= 0.6 is 0 Å². The highest BCUT2D eigenvalue weighted by Gasteiger charge is 2.58. The second-order valence-electron chi connectivity index (χ2n) is 11.6. The minimum Gasteiger partial charge on any atom is -1.00 e. The number of carbonyl (C=O) groups is 2. The number of ketones is 1. The maximum absolute atomic E-state index is 12.6. The second kappa shape index (κ2) is 10.6. The third-order valence-electron chi connectivity index (χ3n) is 10.3. The predicted molar refractivity (Wildman–Crippen MR) is 129 cm³/mol. The second-order valence-corrected chi connectivity index (χ2v) is 11.6. The number of allylic oxidation sites excluding steroid dienone is 1. The fourth-order valence-electron chi connectivity index (χ4n) is 7.85. The van der Waals surface area contributed by atoms with E-state index in [1.807, 2.05) is 6.08 Å². The molecule has 4 aliphatic rings. The van der Waals surface area contributed by atoms with Crippen LogP contribution in [0.4, 0.5) is 4.79 Å². The quantitative estimate of drug-likeness (QED) is 0.152. The molecule has 5 nitrogen and oxygen atoms in total. The minimum absolute atomic E-state index is 0. The van der Waals surface area contributed by atoms with E-state index in [1.54, 1.807) is 0 Å². The smallest absolute Gasteiger partial charge is 0.512 e. The van der Waals surface area contributed by atoms with Gasteiger partial charge < -0.3 is 33.5 Å². The fraction of sp³-hybridized carbons (Fsp3) is 0.786. The topological polar surface area (TPSA) is 52.6 Å². The van der Waals surface area contributed by atoms with Crippen molar-refractivity contribution >= 4 is 11.9 Å². The van der Waals surface area contributed by atoms with Gasteiger partial charge in [-0.25, -0.2) is 4.79 Å². The van der Waals surface area contributed by atoms with Crippen molar-refractivity contribution in [3.63, 3.8) is 0 Å². The van der Waals surface area contributed by atoms with Crippen molar-refractivity contribution < 1.29 is 47.5 Å². The third kappa shape index (κ3) is 4.74. The number of rotatable bonds is 7. The fourth-order valence-corrected chi connectivity index (χ4v) is 7.85. The van der Waals surface area contributed by atoms with E-state index in [1.165, 1.54) is 5.57 Å². The Hall–Kier alpha value is -0.890. The minimum atomic E-state index is -0.538. The Bertz CT molecular complexity index is 821.